The second-order valence-corrected chi connectivity index (χ2v) is 8.87. The van der Waals surface area contributed by atoms with Gasteiger partial charge in [0.15, 0.2) is 0 Å². The van der Waals surface area contributed by atoms with Crippen molar-refractivity contribution in [3.63, 3.8) is 0 Å². The van der Waals surface area contributed by atoms with Crippen LogP contribution in [0.3, 0.4) is 0 Å². The van der Waals surface area contributed by atoms with E-state index >= 15 is 0 Å². The highest BCUT2D eigenvalue weighted by atomic mass is 79.9. The van der Waals surface area contributed by atoms with Crippen molar-refractivity contribution in [2.75, 3.05) is 0 Å². The molecular formula is C11H13BrN2O2S3. The van der Waals surface area contributed by atoms with Gasteiger partial charge in [-0.15, -0.1) is 11.3 Å². The van der Waals surface area contributed by atoms with Gasteiger partial charge in [-0.3, -0.25) is 0 Å². The third kappa shape index (κ3) is 3.45. The molecule has 0 bridgehead atoms. The van der Waals surface area contributed by atoms with Gasteiger partial charge in [-0.2, -0.15) is 11.3 Å². The van der Waals surface area contributed by atoms with Crippen molar-refractivity contribution in [2.24, 2.45) is 5.73 Å². The molecule has 3 N–H and O–H groups in total. The van der Waals surface area contributed by atoms with E-state index in [9.17, 15) is 8.42 Å². The minimum absolute atomic E-state index is 0.250. The maximum Gasteiger partial charge on any atom is 0.243 e. The number of hydrogen-bond acceptors (Lipinski definition) is 5. The van der Waals surface area contributed by atoms with E-state index in [0.717, 1.165) is 10.4 Å². The van der Waals surface area contributed by atoms with Gasteiger partial charge in [-0.25, -0.2) is 13.1 Å². The number of rotatable bonds is 5. The monoisotopic (exact) mass is 380 g/mol. The van der Waals surface area contributed by atoms with Crippen LogP contribution in [0.2, 0.25) is 0 Å². The van der Waals surface area contributed by atoms with E-state index < -0.39 is 10.0 Å². The Balaban J connectivity index is 2.25. The summed E-state index contributed by atoms with van der Waals surface area (Å²) in [6.45, 7) is 2.16. The standard InChI is InChI=1S/C11H13BrN2O2S3/c1-7(8-2-3-17-6-8)14-19(15,16)10-4-9(5-13)18-11(10)12/h2-4,6-7,14H,5,13H2,1H3. The molecule has 0 spiro atoms. The van der Waals surface area contributed by atoms with Gasteiger partial charge < -0.3 is 5.73 Å². The zero-order chi connectivity index (χ0) is 14.0. The van der Waals surface area contributed by atoms with Crippen LogP contribution in [-0.4, -0.2) is 8.42 Å². The number of nitrogens with two attached hydrogens (primary N) is 1. The minimum Gasteiger partial charge on any atom is -0.326 e. The molecule has 0 aromatic carbocycles. The Bertz CT molecular complexity index is 650. The van der Waals surface area contributed by atoms with E-state index in [1.54, 1.807) is 17.4 Å². The predicted molar refractivity (Wildman–Crippen MR) is 83.0 cm³/mol. The van der Waals surface area contributed by atoms with Gasteiger partial charge in [0, 0.05) is 17.5 Å². The fourth-order valence-corrected chi connectivity index (χ4v) is 6.11. The molecule has 0 radical (unpaired) electrons. The normalized spacial score (nSPS) is 13.6. The van der Waals surface area contributed by atoms with Crippen molar-refractivity contribution >= 4 is 48.6 Å². The van der Waals surface area contributed by atoms with Gasteiger partial charge in [0.05, 0.1) is 3.79 Å². The van der Waals surface area contributed by atoms with Crippen LogP contribution in [-0.2, 0) is 16.6 Å². The maximum absolute atomic E-state index is 12.3. The zero-order valence-electron chi connectivity index (χ0n) is 10.1. The lowest BCUT2D eigenvalue weighted by molar-refractivity contribution is 0.567. The average molecular weight is 381 g/mol. The van der Waals surface area contributed by atoms with Crippen LogP contribution in [0.1, 0.15) is 23.4 Å². The van der Waals surface area contributed by atoms with Gasteiger partial charge in [0.25, 0.3) is 0 Å². The van der Waals surface area contributed by atoms with Gasteiger partial charge in [0.1, 0.15) is 4.90 Å². The van der Waals surface area contributed by atoms with E-state index in [-0.39, 0.29) is 10.9 Å². The van der Waals surface area contributed by atoms with Crippen molar-refractivity contribution in [3.8, 4) is 0 Å². The van der Waals surface area contributed by atoms with E-state index in [2.05, 4.69) is 20.7 Å². The van der Waals surface area contributed by atoms with E-state index in [0.29, 0.717) is 10.3 Å². The molecule has 0 saturated carbocycles. The molecule has 0 aliphatic heterocycles. The topological polar surface area (TPSA) is 72.2 Å². The Hall–Kier alpha value is -0.250. The number of nitrogens with one attached hydrogen (secondary N) is 1. The van der Waals surface area contributed by atoms with Crippen molar-refractivity contribution < 1.29 is 8.42 Å². The molecule has 0 aliphatic rings. The second kappa shape index (κ2) is 6.02. The summed E-state index contributed by atoms with van der Waals surface area (Å²) in [5, 5.41) is 3.86. The highest BCUT2D eigenvalue weighted by molar-refractivity contribution is 9.11. The van der Waals surface area contributed by atoms with Crippen LogP contribution >= 0.6 is 38.6 Å². The summed E-state index contributed by atoms with van der Waals surface area (Å²) in [6, 6.07) is 3.26. The summed E-state index contributed by atoms with van der Waals surface area (Å²) in [4.78, 5) is 1.08. The molecule has 0 aliphatic carbocycles. The SMILES string of the molecule is CC(NS(=O)(=O)c1cc(CN)sc1Br)c1ccsc1. The van der Waals surface area contributed by atoms with Crippen LogP contribution in [0.15, 0.2) is 31.6 Å². The Kier molecular flexibility index (Phi) is 4.80. The third-order valence-corrected chi connectivity index (χ3v) is 7.09. The van der Waals surface area contributed by atoms with Crippen LogP contribution in [0.25, 0.3) is 0 Å². The molecule has 0 saturated heterocycles. The summed E-state index contributed by atoms with van der Waals surface area (Å²) >= 11 is 6.16. The molecular weight excluding hydrogens is 368 g/mol. The van der Waals surface area contributed by atoms with E-state index in [4.69, 9.17) is 5.73 Å². The summed E-state index contributed by atoms with van der Waals surface area (Å²) < 4.78 is 27.9. The van der Waals surface area contributed by atoms with Crippen LogP contribution < -0.4 is 10.5 Å². The summed E-state index contributed by atoms with van der Waals surface area (Å²) in [6.07, 6.45) is 0. The number of thiophene rings is 2. The molecule has 1 unspecified atom stereocenters. The maximum atomic E-state index is 12.3. The van der Waals surface area contributed by atoms with Gasteiger partial charge in [-0.1, -0.05) is 0 Å². The Morgan fingerprint density at radius 1 is 1.53 bits per heavy atom. The molecule has 4 nitrogen and oxygen atoms in total. The molecule has 8 heteroatoms. The summed E-state index contributed by atoms with van der Waals surface area (Å²) in [5.74, 6) is 0. The lowest BCUT2D eigenvalue weighted by atomic mass is 10.2. The fraction of sp³-hybridized carbons (Fsp3) is 0.273. The largest absolute Gasteiger partial charge is 0.326 e. The van der Waals surface area contributed by atoms with Crippen molar-refractivity contribution in [1.82, 2.24) is 4.72 Å². The molecule has 0 amide bonds. The fourth-order valence-electron chi connectivity index (χ4n) is 1.57. The van der Waals surface area contributed by atoms with Gasteiger partial charge in [0.2, 0.25) is 10.0 Å². The Morgan fingerprint density at radius 2 is 2.26 bits per heavy atom. The second-order valence-electron chi connectivity index (χ2n) is 3.95. The van der Waals surface area contributed by atoms with Crippen LogP contribution in [0, 0.1) is 0 Å². The van der Waals surface area contributed by atoms with Crippen LogP contribution in [0.5, 0.6) is 0 Å². The minimum atomic E-state index is -3.54. The smallest absolute Gasteiger partial charge is 0.243 e. The quantitative estimate of drug-likeness (QED) is 0.836. The molecule has 0 fully saturated rings. The Labute approximate surface area is 128 Å². The first-order chi connectivity index (χ1) is 8.94. The molecule has 2 aromatic heterocycles. The summed E-state index contributed by atoms with van der Waals surface area (Å²) in [7, 11) is -3.54. The Morgan fingerprint density at radius 3 is 2.79 bits per heavy atom. The van der Waals surface area contributed by atoms with Crippen LogP contribution in [0.4, 0.5) is 0 Å². The molecule has 2 rings (SSSR count). The van der Waals surface area contributed by atoms with Crippen molar-refractivity contribution in [1.29, 1.82) is 0 Å². The van der Waals surface area contributed by atoms with E-state index in [1.165, 1.54) is 11.3 Å². The molecule has 2 heterocycles. The predicted octanol–water partition coefficient (Wildman–Crippen LogP) is 3.07. The zero-order valence-corrected chi connectivity index (χ0v) is 14.1. The average Bonchev–Trinajstić information content (AvgIpc) is 2.96. The van der Waals surface area contributed by atoms with Gasteiger partial charge >= 0.3 is 0 Å². The molecule has 19 heavy (non-hydrogen) atoms. The number of hydrogen-bond donors (Lipinski definition) is 2. The first-order valence-electron chi connectivity index (χ1n) is 5.46. The van der Waals surface area contributed by atoms with E-state index in [1.807, 2.05) is 23.8 Å². The molecule has 104 valence electrons. The summed E-state index contributed by atoms with van der Waals surface area (Å²) in [5.41, 5.74) is 6.49. The molecule has 1 atom stereocenters. The number of sulfonamides is 1. The first-order valence-corrected chi connectivity index (χ1v) is 9.50. The third-order valence-electron chi connectivity index (χ3n) is 2.57. The lowest BCUT2D eigenvalue weighted by Crippen LogP contribution is -2.26. The molecule has 2 aromatic rings. The lowest BCUT2D eigenvalue weighted by Gasteiger charge is -2.12. The highest BCUT2D eigenvalue weighted by Gasteiger charge is 2.23. The number of halogens is 1. The first kappa shape index (κ1) is 15.1. The van der Waals surface area contributed by atoms with Gasteiger partial charge in [-0.05, 0) is 51.3 Å². The van der Waals surface area contributed by atoms with Crippen molar-refractivity contribution in [3.05, 3.63) is 37.1 Å². The highest BCUT2D eigenvalue weighted by Crippen LogP contribution is 2.32. The van der Waals surface area contributed by atoms with Crippen molar-refractivity contribution in [2.45, 2.75) is 24.4 Å².